The van der Waals surface area contributed by atoms with Gasteiger partial charge in [0.05, 0.1) is 0 Å². The third-order valence-electron chi connectivity index (χ3n) is 5.75. The standard InChI is InChI=1S/C26H29N5O/c1-18-15-22(12-13-23(18)31-14-6-11-24(31)28)30-26(32)25(20-8-3-2-4-9-20)29-21-10-5-7-19(16-21)17-27/h2-5,7-10,12-13,15-16,25,28-29H,6,11,14,17,27H2,1H3,(H,30,32). The van der Waals surface area contributed by atoms with Gasteiger partial charge in [0.2, 0.25) is 0 Å². The van der Waals surface area contributed by atoms with Crippen molar-refractivity contribution in [2.24, 2.45) is 5.73 Å². The topological polar surface area (TPSA) is 94.2 Å². The molecule has 0 spiro atoms. The summed E-state index contributed by atoms with van der Waals surface area (Å²) < 4.78 is 0. The molecule has 6 heteroatoms. The molecular weight excluding hydrogens is 398 g/mol. The van der Waals surface area contributed by atoms with E-state index in [1.165, 1.54) is 0 Å². The number of carbonyl (C=O) groups excluding carboxylic acids is 1. The molecule has 164 valence electrons. The first-order valence-electron chi connectivity index (χ1n) is 10.9. The van der Waals surface area contributed by atoms with Crippen molar-refractivity contribution in [1.29, 1.82) is 5.41 Å². The Balaban J connectivity index is 1.56. The van der Waals surface area contributed by atoms with Gasteiger partial charge in [-0.05, 0) is 60.4 Å². The highest BCUT2D eigenvalue weighted by atomic mass is 16.2. The zero-order valence-corrected chi connectivity index (χ0v) is 18.3. The van der Waals surface area contributed by atoms with Gasteiger partial charge in [-0.15, -0.1) is 0 Å². The van der Waals surface area contributed by atoms with E-state index in [2.05, 4.69) is 10.6 Å². The van der Waals surface area contributed by atoms with Crippen molar-refractivity contribution in [2.45, 2.75) is 32.4 Å². The summed E-state index contributed by atoms with van der Waals surface area (Å²) >= 11 is 0. The molecule has 5 N–H and O–H groups in total. The summed E-state index contributed by atoms with van der Waals surface area (Å²) in [6.45, 7) is 3.33. The molecule has 1 aliphatic rings. The number of nitrogens with zero attached hydrogens (tertiary/aromatic N) is 1. The number of aryl methyl sites for hydroxylation is 1. The van der Waals surface area contributed by atoms with E-state index in [9.17, 15) is 4.79 Å². The first kappa shape index (κ1) is 21.6. The molecule has 32 heavy (non-hydrogen) atoms. The Kier molecular flexibility index (Phi) is 6.52. The molecule has 0 aromatic heterocycles. The van der Waals surface area contributed by atoms with Gasteiger partial charge in [-0.1, -0.05) is 42.5 Å². The minimum atomic E-state index is -0.559. The summed E-state index contributed by atoms with van der Waals surface area (Å²) in [6, 6.07) is 22.8. The Morgan fingerprint density at radius 2 is 1.88 bits per heavy atom. The third-order valence-corrected chi connectivity index (χ3v) is 5.75. The summed E-state index contributed by atoms with van der Waals surface area (Å²) in [5.41, 5.74) is 11.3. The molecule has 0 bridgehead atoms. The maximum Gasteiger partial charge on any atom is 0.251 e. The van der Waals surface area contributed by atoms with Gasteiger partial charge in [-0.2, -0.15) is 0 Å². The Bertz CT molecular complexity index is 1110. The number of anilines is 3. The summed E-state index contributed by atoms with van der Waals surface area (Å²) in [5.74, 6) is 0.508. The van der Waals surface area contributed by atoms with E-state index in [0.717, 1.165) is 53.1 Å². The highest BCUT2D eigenvalue weighted by molar-refractivity contribution is 6.00. The van der Waals surface area contributed by atoms with Crippen LogP contribution in [-0.2, 0) is 11.3 Å². The Morgan fingerprint density at radius 1 is 1.06 bits per heavy atom. The van der Waals surface area contributed by atoms with Crippen LogP contribution in [0.15, 0.2) is 72.8 Å². The fraction of sp³-hybridized carbons (Fsp3) is 0.231. The SMILES string of the molecule is Cc1cc(NC(=O)C(Nc2cccc(CN)c2)c2ccccc2)ccc1N1CCCC1=N. The van der Waals surface area contributed by atoms with Crippen LogP contribution in [-0.4, -0.2) is 18.3 Å². The van der Waals surface area contributed by atoms with Crippen LogP contribution in [0.2, 0.25) is 0 Å². The van der Waals surface area contributed by atoms with Crippen LogP contribution in [0.1, 0.15) is 35.6 Å². The first-order valence-corrected chi connectivity index (χ1v) is 10.9. The minimum Gasteiger partial charge on any atom is -0.370 e. The maximum absolute atomic E-state index is 13.3. The minimum absolute atomic E-state index is 0.143. The number of nitrogens with one attached hydrogen (secondary N) is 3. The van der Waals surface area contributed by atoms with Crippen LogP contribution in [0, 0.1) is 12.3 Å². The second-order valence-corrected chi connectivity index (χ2v) is 8.08. The molecular formula is C26H29N5O. The molecule has 4 rings (SSSR count). The van der Waals surface area contributed by atoms with E-state index in [0.29, 0.717) is 12.4 Å². The van der Waals surface area contributed by atoms with Crippen molar-refractivity contribution >= 4 is 28.8 Å². The lowest BCUT2D eigenvalue weighted by molar-refractivity contribution is -0.117. The highest BCUT2D eigenvalue weighted by Gasteiger charge is 2.23. The molecule has 1 aliphatic heterocycles. The number of amidine groups is 1. The quantitative estimate of drug-likeness (QED) is 0.435. The van der Waals surface area contributed by atoms with Gasteiger partial charge >= 0.3 is 0 Å². The van der Waals surface area contributed by atoms with Gasteiger partial charge in [0.1, 0.15) is 11.9 Å². The van der Waals surface area contributed by atoms with Gasteiger partial charge in [-0.3, -0.25) is 10.2 Å². The normalized spacial score (nSPS) is 14.3. The van der Waals surface area contributed by atoms with Gasteiger partial charge < -0.3 is 21.3 Å². The fourth-order valence-electron chi connectivity index (χ4n) is 4.09. The molecule has 1 heterocycles. The molecule has 0 radical (unpaired) electrons. The monoisotopic (exact) mass is 427 g/mol. The lowest BCUT2D eigenvalue weighted by Gasteiger charge is -2.22. The molecule has 3 aromatic rings. The van der Waals surface area contributed by atoms with Crippen LogP contribution in [0.3, 0.4) is 0 Å². The fourth-order valence-corrected chi connectivity index (χ4v) is 4.09. The predicted octanol–water partition coefficient (Wildman–Crippen LogP) is 4.82. The number of carbonyl (C=O) groups is 1. The molecule has 1 atom stereocenters. The molecule has 1 saturated heterocycles. The van der Waals surface area contributed by atoms with Gasteiger partial charge in [0.15, 0.2) is 0 Å². The smallest absolute Gasteiger partial charge is 0.251 e. The summed E-state index contributed by atoms with van der Waals surface area (Å²) in [6.07, 6.45) is 1.82. The number of hydrogen-bond donors (Lipinski definition) is 4. The maximum atomic E-state index is 13.3. The third kappa shape index (κ3) is 4.81. The van der Waals surface area contributed by atoms with Crippen molar-refractivity contribution in [3.8, 4) is 0 Å². The van der Waals surface area contributed by atoms with E-state index in [-0.39, 0.29) is 5.91 Å². The Hall–Kier alpha value is -3.64. The largest absolute Gasteiger partial charge is 0.370 e. The van der Waals surface area contributed by atoms with Crippen LogP contribution in [0.4, 0.5) is 17.1 Å². The zero-order chi connectivity index (χ0) is 22.5. The second kappa shape index (κ2) is 9.66. The average Bonchev–Trinajstić information content (AvgIpc) is 3.23. The lowest BCUT2D eigenvalue weighted by Crippen LogP contribution is -2.27. The molecule has 1 unspecified atom stereocenters. The lowest BCUT2D eigenvalue weighted by atomic mass is 10.0. The van der Waals surface area contributed by atoms with Crippen LogP contribution in [0.5, 0.6) is 0 Å². The van der Waals surface area contributed by atoms with E-state index < -0.39 is 6.04 Å². The van der Waals surface area contributed by atoms with Crippen LogP contribution >= 0.6 is 0 Å². The second-order valence-electron chi connectivity index (χ2n) is 8.08. The number of nitrogens with two attached hydrogens (primary N) is 1. The highest BCUT2D eigenvalue weighted by Crippen LogP contribution is 2.28. The van der Waals surface area contributed by atoms with Crippen LogP contribution < -0.4 is 21.3 Å². The molecule has 1 fully saturated rings. The Morgan fingerprint density at radius 3 is 2.56 bits per heavy atom. The van der Waals surface area contributed by atoms with E-state index in [1.807, 2.05) is 84.6 Å². The van der Waals surface area contributed by atoms with E-state index >= 15 is 0 Å². The van der Waals surface area contributed by atoms with E-state index in [4.69, 9.17) is 11.1 Å². The number of amides is 1. The van der Waals surface area contributed by atoms with Crippen molar-refractivity contribution < 1.29 is 4.79 Å². The van der Waals surface area contributed by atoms with Crippen LogP contribution in [0.25, 0.3) is 0 Å². The molecule has 3 aromatic carbocycles. The summed E-state index contributed by atoms with van der Waals surface area (Å²) in [5, 5.41) is 14.6. The predicted molar refractivity (Wildman–Crippen MR) is 131 cm³/mol. The number of rotatable bonds is 7. The van der Waals surface area contributed by atoms with Gasteiger partial charge in [-0.25, -0.2) is 0 Å². The summed E-state index contributed by atoms with van der Waals surface area (Å²) in [7, 11) is 0. The molecule has 0 aliphatic carbocycles. The average molecular weight is 428 g/mol. The van der Waals surface area contributed by atoms with Gasteiger partial charge in [0, 0.05) is 36.6 Å². The first-order chi connectivity index (χ1) is 15.5. The number of benzene rings is 3. The Labute approximate surface area is 189 Å². The number of hydrogen-bond acceptors (Lipinski definition) is 4. The molecule has 0 saturated carbocycles. The van der Waals surface area contributed by atoms with E-state index in [1.54, 1.807) is 0 Å². The van der Waals surface area contributed by atoms with Crippen molar-refractivity contribution in [3.63, 3.8) is 0 Å². The summed E-state index contributed by atoms with van der Waals surface area (Å²) in [4.78, 5) is 15.4. The van der Waals surface area contributed by atoms with Crippen molar-refractivity contribution in [3.05, 3.63) is 89.5 Å². The van der Waals surface area contributed by atoms with Crippen molar-refractivity contribution in [2.75, 3.05) is 22.1 Å². The van der Waals surface area contributed by atoms with Crippen molar-refractivity contribution in [1.82, 2.24) is 0 Å². The zero-order valence-electron chi connectivity index (χ0n) is 18.3. The molecule has 1 amide bonds. The van der Waals surface area contributed by atoms with Gasteiger partial charge in [0.25, 0.3) is 5.91 Å². The molecule has 6 nitrogen and oxygen atoms in total.